The first kappa shape index (κ1) is 20.3. The molecule has 24 heavy (non-hydrogen) atoms. The molecule has 2 N–H and O–H groups in total. The maximum atomic E-state index is 12.4. The van der Waals surface area contributed by atoms with E-state index in [-0.39, 0.29) is 24.7 Å². The number of carbonyl (C=O) groups is 1. The maximum absolute atomic E-state index is 12.4. The van der Waals surface area contributed by atoms with Crippen LogP contribution in [0.1, 0.15) is 18.1 Å². The van der Waals surface area contributed by atoms with Gasteiger partial charge in [0.15, 0.2) is 0 Å². The molecule has 0 radical (unpaired) electrons. The molecule has 0 saturated carbocycles. The number of carbonyl (C=O) groups excluding carboxylic acids is 1. The molecule has 0 aromatic heterocycles. The number of hydrogen-bond donors (Lipinski definition) is 2. The predicted octanol–water partition coefficient (Wildman–Crippen LogP) is 4.06. The fraction of sp³-hybridized carbons (Fsp3) is 0.278. The lowest BCUT2D eigenvalue weighted by Gasteiger charge is -2.13. The highest BCUT2D eigenvalue weighted by Gasteiger charge is 2.11. The maximum Gasteiger partial charge on any atom is 0.228 e. The van der Waals surface area contributed by atoms with Crippen molar-refractivity contribution in [2.24, 2.45) is 0 Å². The van der Waals surface area contributed by atoms with Crippen LogP contribution < -0.4 is 15.4 Å². The molecule has 130 valence electrons. The molecule has 2 rings (SSSR count). The quantitative estimate of drug-likeness (QED) is 0.774. The fourth-order valence-electron chi connectivity index (χ4n) is 2.31. The molecule has 2 aromatic carbocycles. The monoisotopic (exact) mass is 368 g/mol. The Kier molecular flexibility index (Phi) is 8.61. The highest BCUT2D eigenvalue weighted by molar-refractivity contribution is 6.30. The Morgan fingerprint density at radius 3 is 2.62 bits per heavy atom. The summed E-state index contributed by atoms with van der Waals surface area (Å²) in [5.74, 6) is 0.556. The molecular formula is C18H22Cl2N2O2. The summed E-state index contributed by atoms with van der Waals surface area (Å²) in [4.78, 5) is 12.4. The van der Waals surface area contributed by atoms with Crippen LogP contribution >= 0.6 is 24.0 Å². The van der Waals surface area contributed by atoms with Crippen LogP contribution in [0.2, 0.25) is 5.02 Å². The molecule has 0 aliphatic rings. The Morgan fingerprint density at radius 2 is 1.92 bits per heavy atom. The van der Waals surface area contributed by atoms with Gasteiger partial charge >= 0.3 is 0 Å². The van der Waals surface area contributed by atoms with Gasteiger partial charge in [0.05, 0.1) is 13.5 Å². The van der Waals surface area contributed by atoms with Crippen LogP contribution in [0.5, 0.6) is 5.75 Å². The number of para-hydroxylation sites is 1. The minimum absolute atomic E-state index is 0. The first-order valence-corrected chi connectivity index (χ1v) is 7.92. The van der Waals surface area contributed by atoms with Crippen LogP contribution in [-0.2, 0) is 17.8 Å². The number of hydrogen-bond acceptors (Lipinski definition) is 3. The average molecular weight is 369 g/mol. The van der Waals surface area contributed by atoms with E-state index in [1.54, 1.807) is 25.3 Å². The van der Waals surface area contributed by atoms with Crippen molar-refractivity contribution in [2.75, 3.05) is 19.0 Å². The van der Waals surface area contributed by atoms with Crippen LogP contribution in [0.3, 0.4) is 0 Å². The molecular weight excluding hydrogens is 347 g/mol. The van der Waals surface area contributed by atoms with Gasteiger partial charge in [-0.1, -0.05) is 36.7 Å². The minimum Gasteiger partial charge on any atom is -0.496 e. The molecule has 0 heterocycles. The van der Waals surface area contributed by atoms with E-state index in [9.17, 15) is 4.79 Å². The van der Waals surface area contributed by atoms with Crippen LogP contribution in [-0.4, -0.2) is 19.6 Å². The molecule has 1 amide bonds. The van der Waals surface area contributed by atoms with E-state index in [2.05, 4.69) is 10.6 Å². The third-order valence-corrected chi connectivity index (χ3v) is 3.69. The number of methoxy groups -OCH3 is 1. The topological polar surface area (TPSA) is 50.4 Å². The number of anilines is 1. The molecule has 4 nitrogen and oxygen atoms in total. The van der Waals surface area contributed by atoms with E-state index in [4.69, 9.17) is 16.3 Å². The summed E-state index contributed by atoms with van der Waals surface area (Å²) in [6, 6.07) is 13.0. The van der Waals surface area contributed by atoms with Crippen molar-refractivity contribution in [3.63, 3.8) is 0 Å². The molecule has 0 aliphatic carbocycles. The summed E-state index contributed by atoms with van der Waals surface area (Å²) in [5, 5.41) is 6.81. The number of halogens is 2. The van der Waals surface area contributed by atoms with Gasteiger partial charge < -0.3 is 15.4 Å². The van der Waals surface area contributed by atoms with Crippen molar-refractivity contribution in [1.82, 2.24) is 5.32 Å². The molecule has 0 spiro atoms. The van der Waals surface area contributed by atoms with E-state index in [0.717, 1.165) is 23.4 Å². The van der Waals surface area contributed by atoms with Crippen molar-refractivity contribution in [1.29, 1.82) is 0 Å². The SMILES string of the molecule is CCNCc1ccccc1NC(=O)Cc1cc(Cl)ccc1OC.Cl. The van der Waals surface area contributed by atoms with Crippen LogP contribution in [0, 0.1) is 0 Å². The molecule has 0 unspecified atom stereocenters. The molecule has 6 heteroatoms. The molecule has 2 aromatic rings. The molecule has 0 saturated heterocycles. The van der Waals surface area contributed by atoms with Crippen molar-refractivity contribution < 1.29 is 9.53 Å². The number of benzene rings is 2. The Hall–Kier alpha value is -1.75. The van der Waals surface area contributed by atoms with Gasteiger partial charge in [0.25, 0.3) is 0 Å². The Labute approximate surface area is 154 Å². The smallest absolute Gasteiger partial charge is 0.228 e. The van der Waals surface area contributed by atoms with E-state index < -0.39 is 0 Å². The van der Waals surface area contributed by atoms with Gasteiger partial charge in [0.2, 0.25) is 5.91 Å². The zero-order valence-electron chi connectivity index (χ0n) is 13.8. The summed E-state index contributed by atoms with van der Waals surface area (Å²) >= 11 is 6.00. The highest BCUT2D eigenvalue weighted by Crippen LogP contribution is 2.24. The number of amides is 1. The van der Waals surface area contributed by atoms with Gasteiger partial charge in [0.1, 0.15) is 5.75 Å². The van der Waals surface area contributed by atoms with Gasteiger partial charge in [-0.15, -0.1) is 12.4 Å². The summed E-state index contributed by atoms with van der Waals surface area (Å²) in [6.45, 7) is 3.64. The van der Waals surface area contributed by atoms with Gasteiger partial charge in [0, 0.05) is 22.8 Å². The van der Waals surface area contributed by atoms with Gasteiger partial charge in [-0.05, 0) is 36.4 Å². The standard InChI is InChI=1S/C18H21ClN2O2.ClH/c1-3-20-12-13-6-4-5-7-16(13)21-18(22)11-14-10-15(19)8-9-17(14)23-2;/h4-10,20H,3,11-12H2,1-2H3,(H,21,22);1H. The zero-order valence-corrected chi connectivity index (χ0v) is 15.3. The first-order valence-electron chi connectivity index (χ1n) is 7.55. The van der Waals surface area contributed by atoms with Gasteiger partial charge in [-0.25, -0.2) is 0 Å². The fourth-order valence-corrected chi connectivity index (χ4v) is 2.50. The minimum atomic E-state index is -0.102. The largest absolute Gasteiger partial charge is 0.496 e. The van der Waals surface area contributed by atoms with Gasteiger partial charge in [-0.3, -0.25) is 4.79 Å². The lowest BCUT2D eigenvalue weighted by molar-refractivity contribution is -0.115. The second kappa shape index (κ2) is 10.2. The molecule has 0 atom stereocenters. The van der Waals surface area contributed by atoms with Crippen molar-refractivity contribution in [2.45, 2.75) is 19.9 Å². The van der Waals surface area contributed by atoms with E-state index in [1.807, 2.05) is 31.2 Å². The second-order valence-electron chi connectivity index (χ2n) is 5.12. The van der Waals surface area contributed by atoms with E-state index in [0.29, 0.717) is 17.3 Å². The molecule has 0 aliphatic heterocycles. The zero-order chi connectivity index (χ0) is 16.7. The Morgan fingerprint density at radius 1 is 1.17 bits per heavy atom. The average Bonchev–Trinajstić information content (AvgIpc) is 2.54. The molecule has 0 bridgehead atoms. The Bertz CT molecular complexity index is 678. The summed E-state index contributed by atoms with van der Waals surface area (Å²) in [6.07, 6.45) is 0.208. The number of nitrogens with one attached hydrogen (secondary N) is 2. The van der Waals surface area contributed by atoms with E-state index >= 15 is 0 Å². The normalized spacial score (nSPS) is 9.96. The third kappa shape index (κ3) is 5.71. The molecule has 0 fully saturated rings. The lowest BCUT2D eigenvalue weighted by atomic mass is 10.1. The summed E-state index contributed by atoms with van der Waals surface area (Å²) < 4.78 is 5.28. The Balaban J connectivity index is 0.00000288. The van der Waals surface area contributed by atoms with Crippen LogP contribution in [0.25, 0.3) is 0 Å². The lowest BCUT2D eigenvalue weighted by Crippen LogP contribution is -2.18. The van der Waals surface area contributed by atoms with Gasteiger partial charge in [-0.2, -0.15) is 0 Å². The van der Waals surface area contributed by atoms with Crippen molar-refractivity contribution in [3.8, 4) is 5.75 Å². The second-order valence-corrected chi connectivity index (χ2v) is 5.56. The third-order valence-electron chi connectivity index (χ3n) is 3.45. The van der Waals surface area contributed by atoms with Crippen LogP contribution in [0.4, 0.5) is 5.69 Å². The predicted molar refractivity (Wildman–Crippen MR) is 101 cm³/mol. The van der Waals surface area contributed by atoms with Crippen LogP contribution in [0.15, 0.2) is 42.5 Å². The summed E-state index contributed by atoms with van der Waals surface area (Å²) in [5.41, 5.74) is 2.64. The number of rotatable bonds is 7. The summed E-state index contributed by atoms with van der Waals surface area (Å²) in [7, 11) is 1.58. The van der Waals surface area contributed by atoms with E-state index in [1.165, 1.54) is 0 Å². The first-order chi connectivity index (χ1) is 11.1. The van der Waals surface area contributed by atoms with Crippen molar-refractivity contribution in [3.05, 3.63) is 58.6 Å². The number of ether oxygens (including phenoxy) is 1. The van der Waals surface area contributed by atoms with Crippen molar-refractivity contribution >= 4 is 35.6 Å². The highest BCUT2D eigenvalue weighted by atomic mass is 35.5.